The van der Waals surface area contributed by atoms with Crippen LogP contribution in [0.4, 0.5) is 11.4 Å². The number of benzene rings is 4. The standard InChI is InChI=1S/C37H42N4O8S/c1-5-6-21-38-37(43)35(23-28-11-8-7-9-12-28)39(25-29-13-10-14-32(22-29)49-4)36(42)26-40(30-16-18-31(48-3)19-17-30)50(46,47)33-20-15-27(2)34(24-33)41(44)45/h7-20,22,24,35H,5-6,21,23,25-26H2,1-4H3,(H,38,43). The first-order chi connectivity index (χ1) is 24.0. The Morgan fingerprint density at radius 2 is 1.56 bits per heavy atom. The molecule has 50 heavy (non-hydrogen) atoms. The van der Waals surface area contributed by atoms with Gasteiger partial charge in [-0.05, 0) is 66.9 Å². The van der Waals surface area contributed by atoms with E-state index in [1.54, 1.807) is 36.4 Å². The first-order valence-electron chi connectivity index (χ1n) is 16.1. The summed E-state index contributed by atoms with van der Waals surface area (Å²) in [5.41, 5.74) is 1.49. The number of nitrogens with zero attached hydrogens (tertiary/aromatic N) is 3. The van der Waals surface area contributed by atoms with Crippen molar-refractivity contribution in [3.63, 3.8) is 0 Å². The number of aryl methyl sites for hydroxylation is 1. The van der Waals surface area contributed by atoms with Gasteiger partial charge in [0.1, 0.15) is 24.1 Å². The molecule has 0 saturated heterocycles. The van der Waals surface area contributed by atoms with Crippen molar-refractivity contribution < 1.29 is 32.4 Å². The van der Waals surface area contributed by atoms with Gasteiger partial charge in [0.25, 0.3) is 15.7 Å². The van der Waals surface area contributed by atoms with Crippen LogP contribution in [0.15, 0.2) is 102 Å². The first-order valence-corrected chi connectivity index (χ1v) is 17.6. The minimum absolute atomic E-state index is 0.0404. The molecule has 0 aliphatic rings. The highest BCUT2D eigenvalue weighted by Gasteiger charge is 2.35. The Hall–Kier alpha value is -5.43. The topological polar surface area (TPSA) is 148 Å². The number of hydrogen-bond donors (Lipinski definition) is 1. The number of unbranched alkanes of at least 4 members (excludes halogenated alkanes) is 1. The summed E-state index contributed by atoms with van der Waals surface area (Å²) < 4.78 is 40.3. The van der Waals surface area contributed by atoms with Crippen molar-refractivity contribution in [3.8, 4) is 11.5 Å². The van der Waals surface area contributed by atoms with Crippen molar-refractivity contribution in [1.29, 1.82) is 0 Å². The molecule has 264 valence electrons. The number of sulfonamides is 1. The number of nitro benzene ring substituents is 1. The van der Waals surface area contributed by atoms with Crippen molar-refractivity contribution in [1.82, 2.24) is 10.2 Å². The van der Waals surface area contributed by atoms with Crippen LogP contribution in [0, 0.1) is 17.0 Å². The van der Waals surface area contributed by atoms with Gasteiger partial charge in [-0.3, -0.25) is 24.0 Å². The van der Waals surface area contributed by atoms with Gasteiger partial charge in [0, 0.05) is 31.1 Å². The zero-order valence-corrected chi connectivity index (χ0v) is 29.4. The number of hydrogen-bond acceptors (Lipinski definition) is 8. The maximum absolute atomic E-state index is 14.7. The lowest BCUT2D eigenvalue weighted by Crippen LogP contribution is -2.53. The number of rotatable bonds is 17. The number of carbonyl (C=O) groups excluding carboxylic acids is 2. The highest BCUT2D eigenvalue weighted by atomic mass is 32.2. The molecule has 4 rings (SSSR count). The third kappa shape index (κ3) is 9.38. The van der Waals surface area contributed by atoms with Crippen LogP contribution in [-0.2, 0) is 32.6 Å². The lowest BCUT2D eigenvalue weighted by atomic mass is 10.0. The minimum Gasteiger partial charge on any atom is -0.497 e. The molecule has 0 aliphatic carbocycles. The molecule has 13 heteroatoms. The Labute approximate surface area is 292 Å². The summed E-state index contributed by atoms with van der Waals surface area (Å²) in [4.78, 5) is 40.7. The van der Waals surface area contributed by atoms with Crippen LogP contribution in [0.3, 0.4) is 0 Å². The molecule has 2 amide bonds. The summed E-state index contributed by atoms with van der Waals surface area (Å²) in [5.74, 6) is -0.0491. The lowest BCUT2D eigenvalue weighted by molar-refractivity contribution is -0.385. The molecule has 4 aromatic rings. The van der Waals surface area contributed by atoms with Gasteiger partial charge in [0.15, 0.2) is 0 Å². The second kappa shape index (κ2) is 17.3. The van der Waals surface area contributed by atoms with Gasteiger partial charge in [-0.2, -0.15) is 0 Å². The van der Waals surface area contributed by atoms with Gasteiger partial charge in [-0.15, -0.1) is 0 Å². The van der Waals surface area contributed by atoms with E-state index in [4.69, 9.17) is 9.47 Å². The Morgan fingerprint density at radius 1 is 0.880 bits per heavy atom. The molecule has 1 unspecified atom stereocenters. The number of nitrogens with one attached hydrogen (secondary N) is 1. The normalized spacial score (nSPS) is 11.7. The van der Waals surface area contributed by atoms with Crippen LogP contribution in [0.2, 0.25) is 0 Å². The largest absolute Gasteiger partial charge is 0.497 e. The summed E-state index contributed by atoms with van der Waals surface area (Å²) in [6.45, 7) is 3.16. The lowest BCUT2D eigenvalue weighted by Gasteiger charge is -2.34. The van der Waals surface area contributed by atoms with E-state index in [2.05, 4.69) is 5.32 Å². The monoisotopic (exact) mass is 702 g/mol. The number of ether oxygens (including phenoxy) is 2. The molecular weight excluding hydrogens is 660 g/mol. The third-order valence-electron chi connectivity index (χ3n) is 8.19. The molecule has 0 aliphatic heterocycles. The van der Waals surface area contributed by atoms with E-state index in [9.17, 15) is 28.1 Å². The predicted octanol–water partition coefficient (Wildman–Crippen LogP) is 5.67. The van der Waals surface area contributed by atoms with Crippen LogP contribution >= 0.6 is 0 Å². The van der Waals surface area contributed by atoms with E-state index >= 15 is 0 Å². The zero-order chi connectivity index (χ0) is 36.3. The molecular formula is C37H42N4O8S. The molecule has 12 nitrogen and oxygen atoms in total. The average molecular weight is 703 g/mol. The van der Waals surface area contributed by atoms with Crippen molar-refractivity contribution in [2.75, 3.05) is 31.6 Å². The smallest absolute Gasteiger partial charge is 0.273 e. The fourth-order valence-electron chi connectivity index (χ4n) is 5.38. The van der Waals surface area contributed by atoms with Crippen molar-refractivity contribution in [3.05, 3.63) is 124 Å². The van der Waals surface area contributed by atoms with Gasteiger partial charge in [0.05, 0.1) is 29.7 Å². The Bertz CT molecular complexity index is 1890. The highest BCUT2D eigenvalue weighted by molar-refractivity contribution is 7.92. The average Bonchev–Trinajstić information content (AvgIpc) is 3.12. The van der Waals surface area contributed by atoms with Crippen LogP contribution in [-0.4, -0.2) is 63.4 Å². The second-order valence-electron chi connectivity index (χ2n) is 11.6. The van der Waals surface area contributed by atoms with Crippen LogP contribution in [0.25, 0.3) is 0 Å². The van der Waals surface area contributed by atoms with Gasteiger partial charge >= 0.3 is 0 Å². The maximum atomic E-state index is 14.7. The SMILES string of the molecule is CCCCNC(=O)C(Cc1ccccc1)N(Cc1cccc(OC)c1)C(=O)CN(c1ccc(OC)cc1)S(=O)(=O)c1ccc(C)c([N+](=O)[O-])c1. The number of anilines is 1. The Morgan fingerprint density at radius 3 is 2.20 bits per heavy atom. The van der Waals surface area contributed by atoms with Crippen LogP contribution in [0.5, 0.6) is 11.5 Å². The fourth-order valence-corrected chi connectivity index (χ4v) is 6.81. The minimum atomic E-state index is -4.56. The number of methoxy groups -OCH3 is 2. The summed E-state index contributed by atoms with van der Waals surface area (Å²) in [5, 5.41) is 14.7. The number of amides is 2. The van der Waals surface area contributed by atoms with Gasteiger partial charge in [-0.25, -0.2) is 8.42 Å². The third-order valence-corrected chi connectivity index (χ3v) is 9.96. The van der Waals surface area contributed by atoms with Crippen molar-refractivity contribution >= 4 is 33.2 Å². The molecule has 1 N–H and O–H groups in total. The molecule has 0 spiro atoms. The van der Waals surface area contributed by atoms with Crippen LogP contribution in [0.1, 0.15) is 36.5 Å². The quantitative estimate of drug-likeness (QED) is 0.0841. The molecule has 4 aromatic carbocycles. The number of carbonyl (C=O) groups is 2. The molecule has 0 bridgehead atoms. The van der Waals surface area contributed by atoms with E-state index in [1.165, 1.54) is 50.3 Å². The van der Waals surface area contributed by atoms with Gasteiger partial charge < -0.3 is 19.7 Å². The maximum Gasteiger partial charge on any atom is 0.273 e. The van der Waals surface area contributed by atoms with Crippen LogP contribution < -0.4 is 19.1 Å². The predicted molar refractivity (Wildman–Crippen MR) is 191 cm³/mol. The zero-order valence-electron chi connectivity index (χ0n) is 28.6. The summed E-state index contributed by atoms with van der Waals surface area (Å²) >= 11 is 0. The van der Waals surface area contributed by atoms with E-state index in [0.717, 1.165) is 28.8 Å². The van der Waals surface area contributed by atoms with Crippen molar-refractivity contribution in [2.24, 2.45) is 0 Å². The summed E-state index contributed by atoms with van der Waals surface area (Å²) in [6.07, 6.45) is 1.75. The van der Waals surface area contributed by atoms with E-state index in [0.29, 0.717) is 23.6 Å². The van der Waals surface area contributed by atoms with Gasteiger partial charge in [-0.1, -0.05) is 61.9 Å². The molecule has 0 fully saturated rings. The fraction of sp³-hybridized carbons (Fsp3) is 0.297. The van der Waals surface area contributed by atoms with E-state index in [1.807, 2.05) is 37.3 Å². The molecule has 0 radical (unpaired) electrons. The summed E-state index contributed by atoms with van der Waals surface area (Å²) in [7, 11) is -1.57. The first kappa shape index (κ1) is 37.4. The Kier molecular flexibility index (Phi) is 12.9. The molecule has 0 saturated carbocycles. The van der Waals surface area contributed by atoms with E-state index in [-0.39, 0.29) is 40.7 Å². The highest BCUT2D eigenvalue weighted by Crippen LogP contribution is 2.30. The summed E-state index contributed by atoms with van der Waals surface area (Å²) in [6, 6.07) is 25.0. The van der Waals surface area contributed by atoms with Gasteiger partial charge in [0.2, 0.25) is 11.8 Å². The Balaban J connectivity index is 1.84. The number of nitro groups is 1. The molecule has 0 aromatic heterocycles. The molecule has 0 heterocycles. The van der Waals surface area contributed by atoms with E-state index < -0.39 is 33.4 Å². The van der Waals surface area contributed by atoms with Crippen molar-refractivity contribution in [2.45, 2.75) is 50.6 Å². The molecule has 1 atom stereocenters. The second-order valence-corrected chi connectivity index (χ2v) is 13.5.